The van der Waals surface area contributed by atoms with Crippen LogP contribution in [0.1, 0.15) is 19.5 Å². The Morgan fingerprint density at radius 1 is 1.67 bits per heavy atom. The maximum absolute atomic E-state index is 10.9. The highest BCUT2D eigenvalue weighted by Crippen LogP contribution is 2.00. The number of carboxylic acids is 1. The molecule has 15 heavy (non-hydrogen) atoms. The van der Waals surface area contributed by atoms with Crippen molar-refractivity contribution in [3.63, 3.8) is 0 Å². The largest absolute Gasteiger partial charge is 0.480 e. The second kappa shape index (κ2) is 5.09. The molecule has 1 aromatic rings. The standard InChI is InChI=1S/C9H15N3O2S/c1-5(2)11-7(8(13)14)3-6-4-10-9(15)12-6/h4-5,7,11H,3H2,1-2H3,(H,13,14)(H2,10,12,15)/t7-/m0/s1. The molecule has 0 radical (unpaired) electrons. The molecule has 0 saturated carbocycles. The third-order valence-electron chi connectivity index (χ3n) is 1.91. The molecule has 0 spiro atoms. The molecule has 5 nitrogen and oxygen atoms in total. The topological polar surface area (TPSA) is 80.9 Å². The molecule has 1 aromatic heterocycles. The molecule has 1 rings (SSSR count). The zero-order valence-electron chi connectivity index (χ0n) is 8.70. The summed E-state index contributed by atoms with van der Waals surface area (Å²) in [5, 5.41) is 11.9. The second-order valence-corrected chi connectivity index (χ2v) is 4.09. The van der Waals surface area contributed by atoms with Gasteiger partial charge >= 0.3 is 5.97 Å². The minimum absolute atomic E-state index is 0.132. The molecule has 0 unspecified atom stereocenters. The molecule has 1 atom stereocenters. The molecular formula is C9H15N3O2S. The summed E-state index contributed by atoms with van der Waals surface area (Å²) in [5.41, 5.74) is 0.792. The van der Waals surface area contributed by atoms with E-state index in [1.54, 1.807) is 6.20 Å². The third kappa shape index (κ3) is 3.85. The number of hydrogen-bond acceptors (Lipinski definition) is 3. The van der Waals surface area contributed by atoms with Gasteiger partial charge in [-0.2, -0.15) is 0 Å². The average molecular weight is 229 g/mol. The first kappa shape index (κ1) is 11.9. The first-order valence-corrected chi connectivity index (χ1v) is 5.15. The van der Waals surface area contributed by atoms with Crippen LogP contribution in [0.4, 0.5) is 0 Å². The molecule has 0 amide bonds. The number of aromatic nitrogens is 2. The van der Waals surface area contributed by atoms with E-state index in [-0.39, 0.29) is 6.04 Å². The summed E-state index contributed by atoms with van der Waals surface area (Å²) in [7, 11) is 0. The van der Waals surface area contributed by atoms with E-state index in [9.17, 15) is 4.79 Å². The van der Waals surface area contributed by atoms with Crippen LogP contribution in [0.2, 0.25) is 0 Å². The third-order valence-corrected chi connectivity index (χ3v) is 2.13. The first-order valence-electron chi connectivity index (χ1n) is 4.74. The van der Waals surface area contributed by atoms with Crippen molar-refractivity contribution >= 4 is 18.2 Å². The predicted molar refractivity (Wildman–Crippen MR) is 59.4 cm³/mol. The molecule has 0 aliphatic rings. The van der Waals surface area contributed by atoms with Crippen molar-refractivity contribution in [2.24, 2.45) is 0 Å². The lowest BCUT2D eigenvalue weighted by Gasteiger charge is -2.16. The van der Waals surface area contributed by atoms with E-state index < -0.39 is 12.0 Å². The van der Waals surface area contributed by atoms with E-state index in [1.165, 1.54) is 0 Å². The molecule has 0 fully saturated rings. The zero-order chi connectivity index (χ0) is 11.4. The summed E-state index contributed by atoms with van der Waals surface area (Å²) < 4.78 is 0.513. The minimum atomic E-state index is -0.857. The summed E-state index contributed by atoms with van der Waals surface area (Å²) in [6.45, 7) is 3.82. The Bertz CT molecular complexity index is 383. The predicted octanol–water partition coefficient (Wildman–Crippen LogP) is 1.07. The van der Waals surface area contributed by atoms with Gasteiger partial charge in [-0.1, -0.05) is 13.8 Å². The quantitative estimate of drug-likeness (QED) is 0.569. The van der Waals surface area contributed by atoms with Crippen molar-refractivity contribution in [2.75, 3.05) is 0 Å². The molecule has 84 valence electrons. The van der Waals surface area contributed by atoms with Crippen LogP contribution in [-0.2, 0) is 11.2 Å². The van der Waals surface area contributed by atoms with Gasteiger partial charge in [-0.05, 0) is 12.2 Å². The van der Waals surface area contributed by atoms with Crippen LogP contribution < -0.4 is 5.32 Å². The van der Waals surface area contributed by atoms with Crippen LogP contribution in [0.15, 0.2) is 6.20 Å². The number of hydrogen-bond donors (Lipinski definition) is 4. The minimum Gasteiger partial charge on any atom is -0.480 e. The maximum Gasteiger partial charge on any atom is 0.321 e. The highest BCUT2D eigenvalue weighted by Gasteiger charge is 2.18. The van der Waals surface area contributed by atoms with Gasteiger partial charge in [0.15, 0.2) is 4.77 Å². The van der Waals surface area contributed by atoms with Crippen molar-refractivity contribution in [1.29, 1.82) is 0 Å². The lowest BCUT2D eigenvalue weighted by atomic mass is 10.1. The van der Waals surface area contributed by atoms with Crippen molar-refractivity contribution in [3.05, 3.63) is 16.7 Å². The Labute approximate surface area is 92.9 Å². The Kier molecular flexibility index (Phi) is 4.05. The van der Waals surface area contributed by atoms with E-state index in [1.807, 2.05) is 13.8 Å². The lowest BCUT2D eigenvalue weighted by molar-refractivity contribution is -0.139. The van der Waals surface area contributed by atoms with Gasteiger partial charge < -0.3 is 20.4 Å². The van der Waals surface area contributed by atoms with Crippen LogP contribution in [0.3, 0.4) is 0 Å². The highest BCUT2D eigenvalue weighted by molar-refractivity contribution is 7.71. The van der Waals surface area contributed by atoms with E-state index in [4.69, 9.17) is 17.3 Å². The molecule has 0 aromatic carbocycles. The number of rotatable bonds is 5. The number of H-pyrrole nitrogens is 2. The van der Waals surface area contributed by atoms with Crippen molar-refractivity contribution in [3.8, 4) is 0 Å². The molecule has 0 aliphatic carbocycles. The van der Waals surface area contributed by atoms with E-state index in [2.05, 4.69) is 15.3 Å². The first-order chi connectivity index (χ1) is 6.99. The SMILES string of the molecule is CC(C)N[C@@H](Cc1c[nH]c(=S)[nH]1)C(=O)O. The zero-order valence-corrected chi connectivity index (χ0v) is 9.52. The van der Waals surface area contributed by atoms with Crippen LogP contribution in [0.5, 0.6) is 0 Å². The summed E-state index contributed by atoms with van der Waals surface area (Å²) in [5.74, 6) is -0.857. The van der Waals surface area contributed by atoms with Gasteiger partial charge in [0.2, 0.25) is 0 Å². The number of carboxylic acid groups (broad SMARTS) is 1. The van der Waals surface area contributed by atoms with Crippen LogP contribution in [0.25, 0.3) is 0 Å². The van der Waals surface area contributed by atoms with Gasteiger partial charge in [0.1, 0.15) is 6.04 Å². The van der Waals surface area contributed by atoms with Crippen LogP contribution >= 0.6 is 12.2 Å². The molecule has 0 bridgehead atoms. The Morgan fingerprint density at radius 2 is 2.33 bits per heavy atom. The van der Waals surface area contributed by atoms with Gasteiger partial charge in [-0.25, -0.2) is 0 Å². The van der Waals surface area contributed by atoms with Crippen LogP contribution in [-0.4, -0.2) is 33.1 Å². The smallest absolute Gasteiger partial charge is 0.321 e. The summed E-state index contributed by atoms with van der Waals surface area (Å²) in [6.07, 6.45) is 2.08. The Morgan fingerprint density at radius 3 is 2.73 bits per heavy atom. The fraction of sp³-hybridized carbons (Fsp3) is 0.556. The van der Waals surface area contributed by atoms with Gasteiger partial charge in [0.25, 0.3) is 0 Å². The molecule has 4 N–H and O–H groups in total. The number of aliphatic carboxylic acids is 1. The highest BCUT2D eigenvalue weighted by atomic mass is 32.1. The summed E-state index contributed by atoms with van der Waals surface area (Å²) in [4.78, 5) is 16.6. The molecule has 6 heteroatoms. The fourth-order valence-corrected chi connectivity index (χ4v) is 1.51. The number of nitrogens with one attached hydrogen (secondary N) is 3. The lowest BCUT2D eigenvalue weighted by Crippen LogP contribution is -2.42. The monoisotopic (exact) mass is 229 g/mol. The second-order valence-electron chi connectivity index (χ2n) is 3.68. The molecule has 0 aliphatic heterocycles. The molecule has 0 saturated heterocycles. The summed E-state index contributed by atoms with van der Waals surface area (Å²) >= 11 is 4.86. The molecule has 1 heterocycles. The number of imidazole rings is 1. The van der Waals surface area contributed by atoms with Crippen LogP contribution in [0, 0.1) is 4.77 Å². The number of carbonyl (C=O) groups is 1. The Hall–Kier alpha value is -1.14. The number of aromatic amines is 2. The van der Waals surface area contributed by atoms with E-state index in [0.717, 1.165) is 5.69 Å². The fourth-order valence-electron chi connectivity index (χ4n) is 1.32. The van der Waals surface area contributed by atoms with Gasteiger partial charge in [-0.15, -0.1) is 0 Å². The van der Waals surface area contributed by atoms with Crippen molar-refractivity contribution in [1.82, 2.24) is 15.3 Å². The Balaban J connectivity index is 2.66. The van der Waals surface area contributed by atoms with Crippen molar-refractivity contribution < 1.29 is 9.90 Å². The van der Waals surface area contributed by atoms with Gasteiger partial charge in [0.05, 0.1) is 0 Å². The maximum atomic E-state index is 10.9. The van der Waals surface area contributed by atoms with E-state index >= 15 is 0 Å². The van der Waals surface area contributed by atoms with Gasteiger partial charge in [0, 0.05) is 24.4 Å². The van der Waals surface area contributed by atoms with Crippen molar-refractivity contribution in [2.45, 2.75) is 32.4 Å². The average Bonchev–Trinajstić information content (AvgIpc) is 2.49. The van der Waals surface area contributed by atoms with E-state index in [0.29, 0.717) is 11.2 Å². The summed E-state index contributed by atoms with van der Waals surface area (Å²) in [6, 6.07) is -0.459. The van der Waals surface area contributed by atoms with Gasteiger partial charge in [-0.3, -0.25) is 4.79 Å². The normalized spacial score (nSPS) is 13.0. The molecular weight excluding hydrogens is 214 g/mol.